The Labute approximate surface area is 123 Å². The first-order valence-corrected chi connectivity index (χ1v) is 7.25. The van der Waals surface area contributed by atoms with E-state index < -0.39 is 0 Å². The van der Waals surface area contributed by atoms with E-state index in [0.717, 1.165) is 9.53 Å². The first-order chi connectivity index (χ1) is 7.61. The van der Waals surface area contributed by atoms with Crippen molar-refractivity contribution in [3.8, 4) is 11.4 Å². The summed E-state index contributed by atoms with van der Waals surface area (Å²) in [4.78, 5) is 4.64. The Hall–Kier alpha value is -0.110. The minimum absolute atomic E-state index is 0.429. The van der Waals surface area contributed by atoms with Gasteiger partial charge in [0.05, 0.1) is 0 Å². The molecule has 0 amide bonds. The van der Waals surface area contributed by atoms with Crippen molar-refractivity contribution < 1.29 is 0 Å². The second kappa shape index (κ2) is 5.03. The lowest BCUT2D eigenvalue weighted by molar-refractivity contribution is 0.594. The van der Waals surface area contributed by atoms with Crippen molar-refractivity contribution >= 4 is 45.2 Å². The number of hydrogen-bond donors (Lipinski definition) is 0. The molecule has 0 unspecified atom stereocenters. The molecule has 0 saturated carbocycles. The third-order valence-electron chi connectivity index (χ3n) is 2.36. The van der Waals surface area contributed by atoms with Crippen LogP contribution in [0.2, 0.25) is 0 Å². The number of benzene rings is 1. The smallest absolute Gasteiger partial charge is 0.142 e. The van der Waals surface area contributed by atoms with Gasteiger partial charge in [0.2, 0.25) is 0 Å². The third kappa shape index (κ3) is 2.27. The third-order valence-corrected chi connectivity index (χ3v) is 5.18. The fraction of sp³-hybridized carbons (Fsp3) is 0.250. The van der Waals surface area contributed by atoms with E-state index in [-0.39, 0.29) is 0 Å². The van der Waals surface area contributed by atoms with E-state index in [4.69, 9.17) is 0 Å². The molecule has 0 aliphatic carbocycles. The van der Waals surface area contributed by atoms with Crippen LogP contribution in [0.15, 0.2) is 30.3 Å². The Morgan fingerprint density at radius 3 is 2.31 bits per heavy atom. The lowest BCUT2D eigenvalue weighted by atomic mass is 10.2. The normalized spacial score (nSPS) is 11.1. The molecule has 0 fully saturated rings. The Morgan fingerprint density at radius 1 is 1.12 bits per heavy atom. The van der Waals surface area contributed by atoms with Crippen LogP contribution in [-0.4, -0.2) is 9.55 Å². The van der Waals surface area contributed by atoms with Crippen LogP contribution in [0.4, 0.5) is 0 Å². The summed E-state index contributed by atoms with van der Waals surface area (Å²) >= 11 is 4.65. The van der Waals surface area contributed by atoms with Gasteiger partial charge in [-0.1, -0.05) is 30.3 Å². The maximum atomic E-state index is 4.64. The average molecular weight is 438 g/mol. The topological polar surface area (TPSA) is 17.8 Å². The van der Waals surface area contributed by atoms with Gasteiger partial charge in [0.1, 0.15) is 13.2 Å². The quantitative estimate of drug-likeness (QED) is 0.639. The van der Waals surface area contributed by atoms with Gasteiger partial charge in [0.25, 0.3) is 0 Å². The average Bonchev–Trinajstić information content (AvgIpc) is 2.57. The molecule has 0 atom stereocenters. The molecular formula is C12H12I2N2. The predicted octanol–water partition coefficient (Wildman–Crippen LogP) is 4.34. The van der Waals surface area contributed by atoms with Crippen LogP contribution in [0.5, 0.6) is 0 Å². The van der Waals surface area contributed by atoms with Gasteiger partial charge in [0.15, 0.2) is 0 Å². The molecule has 84 valence electrons. The van der Waals surface area contributed by atoms with Crippen molar-refractivity contribution in [3.63, 3.8) is 0 Å². The lowest BCUT2D eigenvalue weighted by Crippen LogP contribution is -2.05. The summed E-state index contributed by atoms with van der Waals surface area (Å²) in [7, 11) is 0. The number of halogens is 2. The highest BCUT2D eigenvalue weighted by atomic mass is 127. The van der Waals surface area contributed by atoms with Crippen LogP contribution in [0.25, 0.3) is 11.4 Å². The second-order valence-corrected chi connectivity index (χ2v) is 5.89. The van der Waals surface area contributed by atoms with Crippen LogP contribution < -0.4 is 0 Å². The van der Waals surface area contributed by atoms with Gasteiger partial charge in [0, 0.05) is 11.6 Å². The van der Waals surface area contributed by atoms with Gasteiger partial charge in [-0.3, -0.25) is 0 Å². The van der Waals surface area contributed by atoms with E-state index in [1.165, 1.54) is 9.26 Å². The Balaban J connectivity index is 2.62. The summed E-state index contributed by atoms with van der Waals surface area (Å²) in [5, 5.41) is 0. The molecule has 1 heterocycles. The van der Waals surface area contributed by atoms with Crippen molar-refractivity contribution in [3.05, 3.63) is 37.7 Å². The summed E-state index contributed by atoms with van der Waals surface area (Å²) in [6, 6.07) is 10.8. The minimum Gasteiger partial charge on any atom is -0.316 e. The lowest BCUT2D eigenvalue weighted by Gasteiger charge is -2.12. The number of aromatic nitrogens is 2. The molecule has 0 spiro atoms. The van der Waals surface area contributed by atoms with Gasteiger partial charge >= 0.3 is 0 Å². The standard InChI is InChI=1S/C12H12I2N2/c1-8(2)16-11(14)10(13)15-12(16)9-6-4-3-5-7-9/h3-8H,1-2H3. The molecule has 4 heteroatoms. The molecule has 0 N–H and O–H groups in total. The maximum absolute atomic E-state index is 4.64. The SMILES string of the molecule is CC(C)n1c(-c2ccccc2)nc(I)c1I. The Kier molecular flexibility index (Phi) is 3.89. The largest absolute Gasteiger partial charge is 0.316 e. The zero-order chi connectivity index (χ0) is 11.7. The molecule has 0 aliphatic rings. The minimum atomic E-state index is 0.429. The Bertz CT molecular complexity index is 489. The predicted molar refractivity (Wildman–Crippen MR) is 83.5 cm³/mol. The maximum Gasteiger partial charge on any atom is 0.142 e. The first-order valence-electron chi connectivity index (χ1n) is 5.10. The zero-order valence-electron chi connectivity index (χ0n) is 9.11. The van der Waals surface area contributed by atoms with Crippen molar-refractivity contribution in [2.24, 2.45) is 0 Å². The fourth-order valence-electron chi connectivity index (χ4n) is 1.65. The van der Waals surface area contributed by atoms with Gasteiger partial charge in [-0.05, 0) is 59.0 Å². The number of rotatable bonds is 2. The summed E-state index contributed by atoms with van der Waals surface area (Å²) in [5.74, 6) is 1.06. The molecule has 2 rings (SSSR count). The van der Waals surface area contributed by atoms with Gasteiger partial charge in [-0.15, -0.1) is 0 Å². The molecule has 2 nitrogen and oxygen atoms in total. The fourth-order valence-corrected chi connectivity index (χ4v) is 3.04. The van der Waals surface area contributed by atoms with Crippen LogP contribution in [0.3, 0.4) is 0 Å². The monoisotopic (exact) mass is 438 g/mol. The molecule has 1 aromatic carbocycles. The summed E-state index contributed by atoms with van der Waals surface area (Å²) in [6.07, 6.45) is 0. The molecular weight excluding hydrogens is 426 g/mol. The summed E-state index contributed by atoms with van der Waals surface area (Å²) < 4.78 is 4.57. The van der Waals surface area contributed by atoms with E-state index in [2.05, 4.69) is 92.8 Å². The molecule has 1 aromatic heterocycles. The van der Waals surface area contributed by atoms with E-state index in [9.17, 15) is 0 Å². The summed E-state index contributed by atoms with van der Waals surface area (Å²) in [5.41, 5.74) is 1.18. The molecule has 0 radical (unpaired) electrons. The highest BCUT2D eigenvalue weighted by Gasteiger charge is 2.16. The molecule has 0 aliphatic heterocycles. The zero-order valence-corrected chi connectivity index (χ0v) is 13.4. The van der Waals surface area contributed by atoms with Crippen molar-refractivity contribution in [1.29, 1.82) is 0 Å². The second-order valence-electron chi connectivity index (χ2n) is 3.85. The molecule has 0 bridgehead atoms. The number of hydrogen-bond acceptors (Lipinski definition) is 1. The molecule has 0 saturated heterocycles. The van der Waals surface area contributed by atoms with Gasteiger partial charge in [-0.2, -0.15) is 0 Å². The van der Waals surface area contributed by atoms with E-state index in [0.29, 0.717) is 6.04 Å². The van der Waals surface area contributed by atoms with Crippen molar-refractivity contribution in [1.82, 2.24) is 9.55 Å². The van der Waals surface area contributed by atoms with Gasteiger partial charge < -0.3 is 4.57 Å². The van der Waals surface area contributed by atoms with E-state index in [1.54, 1.807) is 0 Å². The van der Waals surface area contributed by atoms with Crippen LogP contribution in [-0.2, 0) is 0 Å². The van der Waals surface area contributed by atoms with E-state index >= 15 is 0 Å². The van der Waals surface area contributed by atoms with Crippen LogP contribution in [0.1, 0.15) is 19.9 Å². The highest BCUT2D eigenvalue weighted by molar-refractivity contribution is 14.1. The van der Waals surface area contributed by atoms with Crippen molar-refractivity contribution in [2.75, 3.05) is 0 Å². The Morgan fingerprint density at radius 2 is 1.75 bits per heavy atom. The molecule has 16 heavy (non-hydrogen) atoms. The van der Waals surface area contributed by atoms with Crippen molar-refractivity contribution in [2.45, 2.75) is 19.9 Å². The number of nitrogens with zero attached hydrogens (tertiary/aromatic N) is 2. The van der Waals surface area contributed by atoms with Gasteiger partial charge in [-0.25, -0.2) is 4.98 Å². The first kappa shape index (κ1) is 12.3. The molecule has 2 aromatic rings. The van der Waals surface area contributed by atoms with Crippen LogP contribution >= 0.6 is 45.2 Å². The van der Waals surface area contributed by atoms with E-state index in [1.807, 2.05) is 6.07 Å². The van der Waals surface area contributed by atoms with Crippen LogP contribution in [0, 0.1) is 7.40 Å². The summed E-state index contributed by atoms with van der Waals surface area (Å²) in [6.45, 7) is 4.37. The highest BCUT2D eigenvalue weighted by Crippen LogP contribution is 2.27. The number of imidazole rings is 1.